The Morgan fingerprint density at radius 3 is 2.38 bits per heavy atom. The predicted molar refractivity (Wildman–Crippen MR) is 100 cm³/mol. The van der Waals surface area contributed by atoms with Gasteiger partial charge in [-0.25, -0.2) is 0 Å². The van der Waals surface area contributed by atoms with Crippen molar-refractivity contribution in [1.29, 1.82) is 0 Å². The second-order valence-corrected chi connectivity index (χ2v) is 7.13. The molecule has 24 heavy (non-hydrogen) atoms. The lowest BCUT2D eigenvalue weighted by Gasteiger charge is -2.57. The summed E-state index contributed by atoms with van der Waals surface area (Å²) in [4.78, 5) is 12.7. The molecule has 1 fully saturated rings. The SMILES string of the molecule is CCOC1CC(N)(C(=O)NC(C)c2ccc(CC)cc2)C1(C)C.Cl. The highest BCUT2D eigenvalue weighted by Crippen LogP contribution is 2.50. The minimum atomic E-state index is -0.871. The Morgan fingerprint density at radius 2 is 1.92 bits per heavy atom. The number of carbonyl (C=O) groups is 1. The lowest BCUT2D eigenvalue weighted by Crippen LogP contribution is -2.75. The van der Waals surface area contributed by atoms with E-state index in [-0.39, 0.29) is 35.9 Å². The van der Waals surface area contributed by atoms with Crippen LogP contribution < -0.4 is 11.1 Å². The van der Waals surface area contributed by atoms with E-state index in [1.165, 1.54) is 5.56 Å². The third-order valence-electron chi connectivity index (χ3n) is 5.47. The number of benzene rings is 1. The standard InChI is InChI=1S/C19H30N2O2.ClH/c1-6-14-8-10-15(11-9-14)13(3)21-17(22)19(20)12-16(23-7-2)18(19,4)5;/h8-11,13,16H,6-7,12,20H2,1-5H3,(H,21,22);1H. The first-order chi connectivity index (χ1) is 10.8. The quantitative estimate of drug-likeness (QED) is 0.823. The summed E-state index contributed by atoms with van der Waals surface area (Å²) in [7, 11) is 0. The molecule has 3 unspecified atom stereocenters. The molecule has 1 saturated carbocycles. The van der Waals surface area contributed by atoms with Crippen molar-refractivity contribution in [2.75, 3.05) is 6.61 Å². The van der Waals surface area contributed by atoms with E-state index >= 15 is 0 Å². The molecule has 1 aromatic carbocycles. The summed E-state index contributed by atoms with van der Waals surface area (Å²) in [6.07, 6.45) is 1.63. The van der Waals surface area contributed by atoms with E-state index in [1.54, 1.807) is 0 Å². The van der Waals surface area contributed by atoms with Crippen LogP contribution in [0.3, 0.4) is 0 Å². The second-order valence-electron chi connectivity index (χ2n) is 7.13. The monoisotopic (exact) mass is 354 g/mol. The lowest BCUT2D eigenvalue weighted by atomic mass is 9.54. The molecule has 1 amide bonds. The van der Waals surface area contributed by atoms with E-state index in [1.807, 2.05) is 27.7 Å². The number of nitrogens with one attached hydrogen (secondary N) is 1. The van der Waals surface area contributed by atoms with Crippen LogP contribution in [-0.2, 0) is 16.0 Å². The van der Waals surface area contributed by atoms with Gasteiger partial charge in [0.2, 0.25) is 5.91 Å². The van der Waals surface area contributed by atoms with Crippen LogP contribution in [0, 0.1) is 5.41 Å². The maximum Gasteiger partial charge on any atom is 0.241 e. The van der Waals surface area contributed by atoms with Gasteiger partial charge in [0, 0.05) is 18.4 Å². The van der Waals surface area contributed by atoms with Gasteiger partial charge in [0.15, 0.2) is 0 Å². The molecular weight excluding hydrogens is 324 g/mol. The summed E-state index contributed by atoms with van der Waals surface area (Å²) in [5.41, 5.74) is 7.58. The molecular formula is C19H31ClN2O2. The number of nitrogens with two attached hydrogens (primary N) is 1. The number of hydrogen-bond acceptors (Lipinski definition) is 3. The molecule has 0 radical (unpaired) electrons. The van der Waals surface area contributed by atoms with E-state index in [2.05, 4.69) is 36.5 Å². The number of aryl methyl sites for hydroxylation is 1. The third kappa shape index (κ3) is 3.61. The van der Waals surface area contributed by atoms with E-state index in [4.69, 9.17) is 10.5 Å². The third-order valence-corrected chi connectivity index (χ3v) is 5.47. The first kappa shape index (κ1) is 20.9. The van der Waals surface area contributed by atoms with Crippen LogP contribution in [0.1, 0.15) is 58.2 Å². The van der Waals surface area contributed by atoms with Crippen LogP contribution in [0.25, 0.3) is 0 Å². The number of amides is 1. The Kier molecular flexibility index (Phi) is 6.85. The molecule has 0 aromatic heterocycles. The largest absolute Gasteiger partial charge is 0.378 e. The number of halogens is 1. The summed E-state index contributed by atoms with van der Waals surface area (Å²) in [6.45, 7) is 10.8. The lowest BCUT2D eigenvalue weighted by molar-refractivity contribution is -0.171. The summed E-state index contributed by atoms with van der Waals surface area (Å²) in [6, 6.07) is 8.29. The topological polar surface area (TPSA) is 64.3 Å². The van der Waals surface area contributed by atoms with Crippen molar-refractivity contribution < 1.29 is 9.53 Å². The summed E-state index contributed by atoms with van der Waals surface area (Å²) >= 11 is 0. The van der Waals surface area contributed by atoms with Gasteiger partial charge in [0.25, 0.3) is 0 Å². The summed E-state index contributed by atoms with van der Waals surface area (Å²) < 4.78 is 5.69. The van der Waals surface area contributed by atoms with Crippen LogP contribution in [0.2, 0.25) is 0 Å². The molecule has 0 saturated heterocycles. The van der Waals surface area contributed by atoms with E-state index in [0.29, 0.717) is 13.0 Å². The first-order valence-corrected chi connectivity index (χ1v) is 8.56. The van der Waals surface area contributed by atoms with E-state index in [0.717, 1.165) is 12.0 Å². The zero-order chi connectivity index (χ0) is 17.3. The number of ether oxygens (including phenoxy) is 1. The van der Waals surface area contributed by atoms with Crippen LogP contribution in [0.15, 0.2) is 24.3 Å². The smallest absolute Gasteiger partial charge is 0.241 e. The zero-order valence-corrected chi connectivity index (χ0v) is 16.2. The minimum Gasteiger partial charge on any atom is -0.378 e. The minimum absolute atomic E-state index is 0. The highest BCUT2D eigenvalue weighted by atomic mass is 35.5. The highest BCUT2D eigenvalue weighted by molar-refractivity contribution is 5.89. The first-order valence-electron chi connectivity index (χ1n) is 8.56. The van der Waals surface area contributed by atoms with Crippen molar-refractivity contribution in [3.05, 3.63) is 35.4 Å². The van der Waals surface area contributed by atoms with Crippen molar-refractivity contribution in [1.82, 2.24) is 5.32 Å². The number of hydrogen-bond donors (Lipinski definition) is 2. The Balaban J connectivity index is 0.00000288. The van der Waals surface area contributed by atoms with Crippen LogP contribution in [-0.4, -0.2) is 24.2 Å². The van der Waals surface area contributed by atoms with Gasteiger partial charge < -0.3 is 15.8 Å². The molecule has 1 aliphatic rings. The molecule has 3 atom stereocenters. The van der Waals surface area contributed by atoms with Gasteiger partial charge in [0.05, 0.1) is 12.1 Å². The fourth-order valence-electron chi connectivity index (χ4n) is 3.27. The van der Waals surface area contributed by atoms with Gasteiger partial charge in [-0.1, -0.05) is 45.0 Å². The Hall–Kier alpha value is -1.10. The van der Waals surface area contributed by atoms with Crippen LogP contribution in [0.5, 0.6) is 0 Å². The van der Waals surface area contributed by atoms with Crippen molar-refractivity contribution >= 4 is 18.3 Å². The molecule has 0 bridgehead atoms. The zero-order valence-electron chi connectivity index (χ0n) is 15.4. The van der Waals surface area contributed by atoms with Gasteiger partial charge in [-0.3, -0.25) is 4.79 Å². The van der Waals surface area contributed by atoms with Gasteiger partial charge in [0.1, 0.15) is 5.54 Å². The maximum absolute atomic E-state index is 12.7. The fraction of sp³-hybridized carbons (Fsp3) is 0.632. The van der Waals surface area contributed by atoms with Crippen molar-refractivity contribution in [3.8, 4) is 0 Å². The van der Waals surface area contributed by atoms with Crippen LogP contribution >= 0.6 is 12.4 Å². The summed E-state index contributed by atoms with van der Waals surface area (Å²) in [5, 5.41) is 3.07. The molecule has 0 aliphatic heterocycles. The highest BCUT2D eigenvalue weighted by Gasteiger charge is 2.62. The van der Waals surface area contributed by atoms with Gasteiger partial charge in [-0.2, -0.15) is 0 Å². The average molecular weight is 355 g/mol. The van der Waals surface area contributed by atoms with Gasteiger partial charge in [-0.05, 0) is 31.4 Å². The summed E-state index contributed by atoms with van der Waals surface area (Å²) in [5.74, 6) is -0.0921. The molecule has 1 aromatic rings. The predicted octanol–water partition coefficient (Wildman–Crippen LogP) is 3.38. The Morgan fingerprint density at radius 1 is 1.33 bits per heavy atom. The average Bonchev–Trinajstić information content (AvgIpc) is 2.54. The Labute approximate surface area is 151 Å². The maximum atomic E-state index is 12.7. The second kappa shape index (κ2) is 7.85. The van der Waals surface area contributed by atoms with Crippen molar-refractivity contribution in [3.63, 3.8) is 0 Å². The molecule has 5 heteroatoms. The molecule has 1 aliphatic carbocycles. The van der Waals surface area contributed by atoms with Crippen LogP contribution in [0.4, 0.5) is 0 Å². The van der Waals surface area contributed by atoms with Gasteiger partial charge >= 0.3 is 0 Å². The van der Waals surface area contributed by atoms with Crippen molar-refractivity contribution in [2.45, 2.75) is 65.1 Å². The van der Waals surface area contributed by atoms with E-state index in [9.17, 15) is 4.79 Å². The normalized spacial score (nSPS) is 26.0. The molecule has 0 spiro atoms. The molecule has 2 rings (SSSR count). The van der Waals surface area contributed by atoms with Gasteiger partial charge in [-0.15, -0.1) is 12.4 Å². The number of rotatable bonds is 6. The molecule has 4 nitrogen and oxygen atoms in total. The molecule has 0 heterocycles. The molecule has 136 valence electrons. The van der Waals surface area contributed by atoms with Crippen molar-refractivity contribution in [2.24, 2.45) is 11.1 Å². The fourth-order valence-corrected chi connectivity index (χ4v) is 3.27. The van der Waals surface area contributed by atoms with E-state index < -0.39 is 5.54 Å². The Bertz CT molecular complexity index is 559. The number of carbonyl (C=O) groups excluding carboxylic acids is 1. The molecule has 3 N–H and O–H groups in total.